The fourth-order valence-corrected chi connectivity index (χ4v) is 3.15. The number of piperidine rings is 1. The second kappa shape index (κ2) is 3.00. The Morgan fingerprint density at radius 2 is 2.09 bits per heavy atom. The maximum Gasteiger partial charge on any atom is 0.185 e. The standard InChI is InChI=1S/C7H15BN2S/c8-10-4-1-7(2-5-10)9-3-6-11-7/h9H,1-6,8H2. The molecule has 0 saturated carbocycles. The molecule has 0 aliphatic carbocycles. The number of thioether (sulfide) groups is 1. The third kappa shape index (κ3) is 1.58. The summed E-state index contributed by atoms with van der Waals surface area (Å²) in [6.45, 7) is 3.74. The van der Waals surface area contributed by atoms with Gasteiger partial charge in [0, 0.05) is 12.3 Å². The summed E-state index contributed by atoms with van der Waals surface area (Å²) in [4.78, 5) is 2.90. The first-order valence-electron chi connectivity index (χ1n) is 4.38. The SMILES string of the molecule is BN1CCC2(CC1)NCCS2. The zero-order valence-corrected chi connectivity index (χ0v) is 7.91. The third-order valence-corrected chi connectivity index (χ3v) is 4.24. The van der Waals surface area contributed by atoms with Gasteiger partial charge < -0.3 is 10.1 Å². The van der Waals surface area contributed by atoms with Crippen molar-refractivity contribution in [1.82, 2.24) is 10.1 Å². The van der Waals surface area contributed by atoms with Gasteiger partial charge in [-0.2, -0.15) is 0 Å². The molecule has 0 unspecified atom stereocenters. The average molecular weight is 170 g/mol. The van der Waals surface area contributed by atoms with Crippen LogP contribution in [0.4, 0.5) is 0 Å². The van der Waals surface area contributed by atoms with Crippen molar-refractivity contribution in [1.29, 1.82) is 0 Å². The highest BCUT2D eigenvalue weighted by Gasteiger charge is 2.36. The summed E-state index contributed by atoms with van der Waals surface area (Å²) < 4.78 is 0. The van der Waals surface area contributed by atoms with Crippen LogP contribution in [-0.2, 0) is 0 Å². The molecule has 2 nitrogen and oxygen atoms in total. The number of hydrogen-bond donors (Lipinski definition) is 1. The summed E-state index contributed by atoms with van der Waals surface area (Å²) in [6.07, 6.45) is 2.66. The molecular formula is C7H15BN2S. The molecule has 0 amide bonds. The molecule has 0 aromatic carbocycles. The van der Waals surface area contributed by atoms with Gasteiger partial charge in [0.1, 0.15) is 0 Å². The van der Waals surface area contributed by atoms with E-state index in [-0.39, 0.29) is 0 Å². The highest BCUT2D eigenvalue weighted by Crippen LogP contribution is 2.36. The van der Waals surface area contributed by atoms with E-state index in [1.165, 1.54) is 38.2 Å². The molecule has 1 N–H and O–H groups in total. The molecule has 11 heavy (non-hydrogen) atoms. The molecule has 2 saturated heterocycles. The molecule has 2 fully saturated rings. The first-order valence-corrected chi connectivity index (χ1v) is 5.37. The van der Waals surface area contributed by atoms with E-state index in [0.29, 0.717) is 4.87 Å². The summed E-state index contributed by atoms with van der Waals surface area (Å²) in [5.74, 6) is 1.31. The number of nitrogens with zero attached hydrogens (tertiary/aromatic N) is 1. The predicted octanol–water partition coefficient (Wildman–Crippen LogP) is -0.337. The lowest BCUT2D eigenvalue weighted by molar-refractivity contribution is 0.285. The van der Waals surface area contributed by atoms with Crippen molar-refractivity contribution in [3.05, 3.63) is 0 Å². The van der Waals surface area contributed by atoms with Gasteiger partial charge in [0.25, 0.3) is 0 Å². The fraction of sp³-hybridized carbons (Fsp3) is 1.00. The Kier molecular flexibility index (Phi) is 2.17. The van der Waals surface area contributed by atoms with E-state index in [2.05, 4.69) is 29.9 Å². The van der Waals surface area contributed by atoms with Gasteiger partial charge in [-0.15, -0.1) is 11.8 Å². The summed E-state index contributed by atoms with van der Waals surface area (Å²) >= 11 is 2.13. The van der Waals surface area contributed by atoms with Crippen LogP contribution >= 0.6 is 11.8 Å². The van der Waals surface area contributed by atoms with E-state index in [0.717, 1.165) is 0 Å². The van der Waals surface area contributed by atoms with Crippen LogP contribution in [0.2, 0.25) is 0 Å². The van der Waals surface area contributed by atoms with Gasteiger partial charge in [-0.25, -0.2) is 0 Å². The molecule has 2 rings (SSSR count). The highest BCUT2D eigenvalue weighted by atomic mass is 32.2. The molecule has 0 radical (unpaired) electrons. The molecule has 0 aromatic rings. The molecule has 2 aliphatic heterocycles. The minimum Gasteiger partial charge on any atom is -0.348 e. The monoisotopic (exact) mass is 170 g/mol. The largest absolute Gasteiger partial charge is 0.348 e. The molecule has 62 valence electrons. The number of hydrogen-bond acceptors (Lipinski definition) is 3. The lowest BCUT2D eigenvalue weighted by Gasteiger charge is -2.37. The van der Waals surface area contributed by atoms with Crippen LogP contribution in [0.5, 0.6) is 0 Å². The van der Waals surface area contributed by atoms with Crippen molar-refractivity contribution in [2.24, 2.45) is 0 Å². The molecule has 0 atom stereocenters. The van der Waals surface area contributed by atoms with Gasteiger partial charge in [0.2, 0.25) is 0 Å². The van der Waals surface area contributed by atoms with Gasteiger partial charge >= 0.3 is 0 Å². The number of rotatable bonds is 0. The fourth-order valence-electron chi connectivity index (χ4n) is 1.88. The van der Waals surface area contributed by atoms with E-state index in [1.54, 1.807) is 0 Å². The first-order chi connectivity index (χ1) is 5.31. The van der Waals surface area contributed by atoms with Crippen molar-refractivity contribution in [3.63, 3.8) is 0 Å². The minimum atomic E-state index is 0.479. The zero-order valence-electron chi connectivity index (χ0n) is 7.10. The molecule has 1 spiro atoms. The minimum absolute atomic E-state index is 0.479. The van der Waals surface area contributed by atoms with E-state index in [9.17, 15) is 0 Å². The van der Waals surface area contributed by atoms with Crippen molar-refractivity contribution in [2.75, 3.05) is 25.4 Å². The highest BCUT2D eigenvalue weighted by molar-refractivity contribution is 8.00. The number of nitrogens with one attached hydrogen (secondary N) is 1. The Morgan fingerprint density at radius 3 is 2.64 bits per heavy atom. The smallest absolute Gasteiger partial charge is 0.185 e. The normalized spacial score (nSPS) is 31.3. The molecular weight excluding hydrogens is 155 g/mol. The average Bonchev–Trinajstić information content (AvgIpc) is 2.45. The molecule has 0 aromatic heterocycles. The van der Waals surface area contributed by atoms with Crippen molar-refractivity contribution < 1.29 is 0 Å². The van der Waals surface area contributed by atoms with Crippen LogP contribution in [0.1, 0.15) is 12.8 Å². The summed E-state index contributed by atoms with van der Waals surface area (Å²) in [7, 11) is 2.21. The Hall–Kier alpha value is 0.335. The van der Waals surface area contributed by atoms with Crippen LogP contribution in [0.3, 0.4) is 0 Å². The summed E-state index contributed by atoms with van der Waals surface area (Å²) in [5, 5.41) is 3.63. The van der Waals surface area contributed by atoms with Gasteiger partial charge in [0.05, 0.1) is 4.87 Å². The van der Waals surface area contributed by atoms with E-state index >= 15 is 0 Å². The summed E-state index contributed by atoms with van der Waals surface area (Å²) in [6, 6.07) is 0. The van der Waals surface area contributed by atoms with Gasteiger partial charge in [-0.05, 0) is 25.9 Å². The summed E-state index contributed by atoms with van der Waals surface area (Å²) in [5.41, 5.74) is 0. The molecule has 0 bridgehead atoms. The van der Waals surface area contributed by atoms with Gasteiger partial charge in [-0.3, -0.25) is 0 Å². The Bertz CT molecular complexity index is 137. The maximum absolute atomic E-state index is 3.63. The van der Waals surface area contributed by atoms with E-state index in [4.69, 9.17) is 0 Å². The van der Waals surface area contributed by atoms with Crippen LogP contribution in [-0.4, -0.2) is 43.1 Å². The predicted molar refractivity (Wildman–Crippen MR) is 52.5 cm³/mol. The van der Waals surface area contributed by atoms with Crippen LogP contribution in [0.15, 0.2) is 0 Å². The Labute approximate surface area is 73.5 Å². The van der Waals surface area contributed by atoms with Crippen molar-refractivity contribution >= 4 is 19.7 Å². The second-order valence-corrected chi connectivity index (χ2v) is 5.05. The van der Waals surface area contributed by atoms with Crippen molar-refractivity contribution in [3.8, 4) is 0 Å². The van der Waals surface area contributed by atoms with E-state index < -0.39 is 0 Å². The molecule has 2 heterocycles. The van der Waals surface area contributed by atoms with Crippen LogP contribution in [0.25, 0.3) is 0 Å². The first kappa shape index (κ1) is 7.96. The molecule has 4 heteroatoms. The molecule has 2 aliphatic rings. The Morgan fingerprint density at radius 1 is 1.36 bits per heavy atom. The maximum atomic E-state index is 3.63. The lowest BCUT2D eigenvalue weighted by Crippen LogP contribution is -2.47. The van der Waals surface area contributed by atoms with E-state index in [1.807, 2.05) is 0 Å². The van der Waals surface area contributed by atoms with Gasteiger partial charge in [0.15, 0.2) is 7.98 Å². The zero-order chi connectivity index (χ0) is 7.73. The quantitative estimate of drug-likeness (QED) is 0.501. The lowest BCUT2D eigenvalue weighted by atomic mass is 10.0. The van der Waals surface area contributed by atoms with Crippen molar-refractivity contribution in [2.45, 2.75) is 17.7 Å². The van der Waals surface area contributed by atoms with Crippen LogP contribution < -0.4 is 5.32 Å². The topological polar surface area (TPSA) is 15.3 Å². The van der Waals surface area contributed by atoms with Gasteiger partial charge in [-0.1, -0.05) is 0 Å². The van der Waals surface area contributed by atoms with Crippen LogP contribution in [0, 0.1) is 0 Å². The third-order valence-electron chi connectivity index (χ3n) is 2.72. The Balaban J connectivity index is 1.94. The second-order valence-electron chi connectivity index (χ2n) is 3.57.